The Hall–Kier alpha value is -1.36. The van der Waals surface area contributed by atoms with Gasteiger partial charge in [-0.05, 0) is 81.9 Å². The largest absolute Gasteiger partial charge is 0.503 e. The van der Waals surface area contributed by atoms with Gasteiger partial charge in [0.15, 0.2) is 5.76 Å². The lowest BCUT2D eigenvalue weighted by atomic mass is 10.1. The fourth-order valence-electron chi connectivity index (χ4n) is 2.47. The second-order valence-corrected chi connectivity index (χ2v) is 8.75. The number of aliphatic hydroxyl groups is 1. The smallest absolute Gasteiger partial charge is 0.320 e. The number of fused-ring (bicyclic) bond motifs is 1. The number of halogens is 4. The first-order chi connectivity index (χ1) is 12.8. The van der Waals surface area contributed by atoms with Crippen molar-refractivity contribution in [3.05, 3.63) is 65.6 Å². The van der Waals surface area contributed by atoms with Crippen LogP contribution in [0.1, 0.15) is 11.6 Å². The molecule has 0 spiro atoms. The van der Waals surface area contributed by atoms with Crippen LogP contribution >= 0.6 is 63.7 Å². The number of aliphatic hydroxyl groups excluding tert-OH is 1. The zero-order valence-electron chi connectivity index (χ0n) is 13.3. The maximum Gasteiger partial charge on any atom is 0.320 e. The fraction of sp³-hybridized carbons (Fsp3) is 0.0588. The van der Waals surface area contributed by atoms with Crippen molar-refractivity contribution < 1.29 is 14.7 Å². The molecule has 0 saturated carbocycles. The number of urea groups is 1. The van der Waals surface area contributed by atoms with E-state index in [-0.39, 0.29) is 0 Å². The van der Waals surface area contributed by atoms with Crippen LogP contribution in [-0.2, 0) is 4.79 Å². The number of para-hydroxylation sites is 1. The van der Waals surface area contributed by atoms with Gasteiger partial charge in [-0.1, -0.05) is 18.2 Å². The molecule has 140 valence electrons. The van der Waals surface area contributed by atoms with Gasteiger partial charge in [0, 0.05) is 24.7 Å². The monoisotopic (exact) mass is 621 g/mol. The number of rotatable bonds is 2. The van der Waals surface area contributed by atoms with E-state index in [1.54, 1.807) is 30.3 Å². The van der Waals surface area contributed by atoms with Crippen LogP contribution in [0, 0.1) is 0 Å². The van der Waals surface area contributed by atoms with Gasteiger partial charge in [-0.2, -0.15) is 0 Å². The predicted octanol–water partition coefficient (Wildman–Crippen LogP) is 5.99. The van der Waals surface area contributed by atoms with Gasteiger partial charge in [0.2, 0.25) is 0 Å². The summed E-state index contributed by atoms with van der Waals surface area (Å²) in [5, 5.41) is 18.0. The Morgan fingerprint density at radius 1 is 1.07 bits per heavy atom. The average Bonchev–Trinajstić information content (AvgIpc) is 2.75. The van der Waals surface area contributed by atoms with Crippen LogP contribution in [0.3, 0.4) is 0 Å². The molecule has 0 bridgehead atoms. The summed E-state index contributed by atoms with van der Waals surface area (Å²) in [4.78, 5) is 24.4. The number of carbonyl (C=O) groups is 2. The average molecular weight is 625 g/mol. The van der Waals surface area contributed by atoms with E-state index in [1.165, 1.54) is 6.08 Å². The SMILES string of the molecule is O=C(Nc1cc(Br)c(Br)c(Br)c1Br)NC1C=C(O)C(=O)Nc2ccccc21. The summed E-state index contributed by atoms with van der Waals surface area (Å²) in [5.74, 6) is -1.09. The van der Waals surface area contributed by atoms with Gasteiger partial charge >= 0.3 is 6.03 Å². The zero-order chi connectivity index (χ0) is 19.7. The van der Waals surface area contributed by atoms with Gasteiger partial charge < -0.3 is 21.1 Å². The molecule has 10 heteroatoms. The molecule has 0 radical (unpaired) electrons. The summed E-state index contributed by atoms with van der Waals surface area (Å²) in [6.07, 6.45) is 1.29. The van der Waals surface area contributed by atoms with Crippen molar-refractivity contribution in [2.45, 2.75) is 6.04 Å². The molecule has 0 fully saturated rings. The number of carbonyl (C=O) groups excluding carboxylic acids is 2. The summed E-state index contributed by atoms with van der Waals surface area (Å²) in [6.45, 7) is 0. The lowest BCUT2D eigenvalue weighted by molar-refractivity contribution is -0.115. The van der Waals surface area contributed by atoms with Crippen molar-refractivity contribution in [1.29, 1.82) is 0 Å². The summed E-state index contributed by atoms with van der Waals surface area (Å²) in [6, 6.07) is 7.54. The Kier molecular flexibility index (Phi) is 6.29. The Labute approximate surface area is 188 Å². The predicted molar refractivity (Wildman–Crippen MR) is 118 cm³/mol. The standard InChI is InChI=1S/C17H11Br4N3O3/c18-8-5-11(14(20)15(21)13(8)19)24-17(27)23-10-6-12(25)16(26)22-9-4-2-1-3-7(9)10/h1-6,10,25H,(H,22,26)(H2,23,24,27). The van der Waals surface area contributed by atoms with Crippen molar-refractivity contribution in [3.63, 3.8) is 0 Å². The van der Waals surface area contributed by atoms with Gasteiger partial charge in [0.1, 0.15) is 0 Å². The maximum atomic E-state index is 12.5. The van der Waals surface area contributed by atoms with Crippen LogP contribution in [0.15, 0.2) is 60.1 Å². The molecule has 1 heterocycles. The second kappa shape index (κ2) is 8.34. The topological polar surface area (TPSA) is 90.5 Å². The van der Waals surface area contributed by atoms with Gasteiger partial charge in [0.05, 0.1) is 16.2 Å². The Bertz CT molecular complexity index is 978. The van der Waals surface area contributed by atoms with E-state index < -0.39 is 23.7 Å². The third kappa shape index (κ3) is 4.39. The van der Waals surface area contributed by atoms with Crippen LogP contribution in [0.5, 0.6) is 0 Å². The molecular formula is C17H11Br4N3O3. The van der Waals surface area contributed by atoms with Crippen LogP contribution in [0.2, 0.25) is 0 Å². The molecule has 2 aromatic carbocycles. The highest BCUT2D eigenvalue weighted by Gasteiger charge is 2.24. The maximum absolute atomic E-state index is 12.5. The summed E-state index contributed by atoms with van der Waals surface area (Å²) in [5.41, 5.74) is 1.70. The third-order valence-corrected chi connectivity index (χ3v) is 8.40. The number of anilines is 2. The van der Waals surface area contributed by atoms with Crippen LogP contribution in [0.4, 0.5) is 16.2 Å². The van der Waals surface area contributed by atoms with Crippen LogP contribution < -0.4 is 16.0 Å². The first-order valence-corrected chi connectivity index (χ1v) is 10.7. The van der Waals surface area contributed by atoms with E-state index in [9.17, 15) is 14.7 Å². The minimum absolute atomic E-state index is 0.466. The lowest BCUT2D eigenvalue weighted by Gasteiger charge is -2.18. The van der Waals surface area contributed by atoms with Crippen molar-refractivity contribution in [1.82, 2.24) is 5.32 Å². The molecule has 0 aromatic heterocycles. The fourth-order valence-corrected chi connectivity index (χ4v) is 4.59. The van der Waals surface area contributed by atoms with E-state index in [0.717, 1.165) is 13.4 Å². The zero-order valence-corrected chi connectivity index (χ0v) is 19.7. The van der Waals surface area contributed by atoms with E-state index in [0.29, 0.717) is 21.4 Å². The number of hydrogen-bond donors (Lipinski definition) is 4. The van der Waals surface area contributed by atoms with Crippen molar-refractivity contribution in [2.75, 3.05) is 10.6 Å². The molecular weight excluding hydrogens is 614 g/mol. The number of benzene rings is 2. The molecule has 1 aliphatic rings. The van der Waals surface area contributed by atoms with E-state index in [1.807, 2.05) is 0 Å². The molecule has 1 unspecified atom stereocenters. The Morgan fingerprint density at radius 3 is 2.52 bits per heavy atom. The van der Waals surface area contributed by atoms with E-state index >= 15 is 0 Å². The van der Waals surface area contributed by atoms with Crippen molar-refractivity contribution in [3.8, 4) is 0 Å². The van der Waals surface area contributed by atoms with Gasteiger partial charge in [-0.15, -0.1) is 0 Å². The number of amides is 3. The third-order valence-electron chi connectivity index (χ3n) is 3.74. The van der Waals surface area contributed by atoms with E-state index in [4.69, 9.17) is 0 Å². The molecule has 1 aliphatic heterocycles. The van der Waals surface area contributed by atoms with E-state index in [2.05, 4.69) is 79.7 Å². The lowest BCUT2D eigenvalue weighted by Crippen LogP contribution is -2.32. The Morgan fingerprint density at radius 2 is 1.78 bits per heavy atom. The summed E-state index contributed by atoms with van der Waals surface area (Å²) >= 11 is 13.7. The molecule has 6 nitrogen and oxygen atoms in total. The van der Waals surface area contributed by atoms with Gasteiger partial charge in [0.25, 0.3) is 5.91 Å². The van der Waals surface area contributed by atoms with Crippen molar-refractivity contribution >= 4 is 87.0 Å². The molecule has 27 heavy (non-hydrogen) atoms. The second-order valence-electron chi connectivity index (χ2n) is 5.52. The highest BCUT2D eigenvalue weighted by atomic mass is 79.9. The molecule has 4 N–H and O–H groups in total. The van der Waals surface area contributed by atoms with Gasteiger partial charge in [-0.25, -0.2) is 4.79 Å². The van der Waals surface area contributed by atoms with Crippen LogP contribution in [0.25, 0.3) is 0 Å². The van der Waals surface area contributed by atoms with Gasteiger partial charge in [-0.3, -0.25) is 4.79 Å². The summed E-state index contributed by atoms with van der Waals surface area (Å²) in [7, 11) is 0. The highest BCUT2D eigenvalue weighted by Crippen LogP contribution is 2.41. The first kappa shape index (κ1) is 20.4. The quantitative estimate of drug-likeness (QED) is 0.244. The normalized spacial score (nSPS) is 15.9. The summed E-state index contributed by atoms with van der Waals surface area (Å²) < 4.78 is 2.94. The highest BCUT2D eigenvalue weighted by molar-refractivity contribution is 9.15. The number of hydrogen-bond acceptors (Lipinski definition) is 3. The molecule has 3 amide bonds. The number of nitrogens with one attached hydrogen (secondary N) is 3. The molecule has 0 saturated heterocycles. The van der Waals surface area contributed by atoms with Crippen molar-refractivity contribution in [2.24, 2.45) is 0 Å². The first-order valence-electron chi connectivity index (χ1n) is 7.49. The minimum Gasteiger partial charge on any atom is -0.503 e. The Balaban J connectivity index is 1.87. The molecule has 1 atom stereocenters. The molecule has 2 aromatic rings. The minimum atomic E-state index is -0.693. The molecule has 0 aliphatic carbocycles. The molecule has 3 rings (SSSR count). The van der Waals surface area contributed by atoms with Crippen LogP contribution in [-0.4, -0.2) is 17.0 Å².